The van der Waals surface area contributed by atoms with Crippen molar-refractivity contribution in [3.05, 3.63) is 35.4 Å². The van der Waals surface area contributed by atoms with Gasteiger partial charge < -0.3 is 15.1 Å². The Hall–Kier alpha value is -1.88. The fourth-order valence-corrected chi connectivity index (χ4v) is 3.64. The number of nitrogens with zero attached hydrogens (tertiary/aromatic N) is 2. The first-order valence-electron chi connectivity index (χ1n) is 8.93. The van der Waals surface area contributed by atoms with E-state index in [4.69, 9.17) is 0 Å². The molecule has 2 saturated heterocycles. The number of hydrogen-bond acceptors (Lipinski definition) is 3. The molecule has 2 heterocycles. The third kappa shape index (κ3) is 3.61. The molecule has 3 rings (SSSR count). The van der Waals surface area contributed by atoms with Crippen LogP contribution in [0.2, 0.25) is 0 Å². The molecule has 0 aromatic heterocycles. The van der Waals surface area contributed by atoms with E-state index in [1.165, 1.54) is 0 Å². The standard InChI is InChI=1S/C19H27N3O2/c1-14-5-7-16(8-6-14)18(23)21-10-3-4-17(13-21)19(24)22-11-9-20-12-15(22)2/h5-8,15,17,20H,3-4,9-13H2,1-2H3. The third-order valence-corrected chi connectivity index (χ3v) is 5.14. The fourth-order valence-electron chi connectivity index (χ4n) is 3.64. The largest absolute Gasteiger partial charge is 0.338 e. The number of aryl methyl sites for hydroxylation is 1. The van der Waals surface area contributed by atoms with Crippen molar-refractivity contribution in [2.24, 2.45) is 5.92 Å². The lowest BCUT2D eigenvalue weighted by Gasteiger charge is -2.39. The zero-order valence-electron chi connectivity index (χ0n) is 14.6. The van der Waals surface area contributed by atoms with Gasteiger partial charge in [-0.2, -0.15) is 0 Å². The van der Waals surface area contributed by atoms with Gasteiger partial charge in [0.15, 0.2) is 0 Å². The Morgan fingerprint density at radius 3 is 2.62 bits per heavy atom. The van der Waals surface area contributed by atoms with Gasteiger partial charge in [0.25, 0.3) is 5.91 Å². The second-order valence-electron chi connectivity index (χ2n) is 7.04. The quantitative estimate of drug-likeness (QED) is 0.898. The minimum Gasteiger partial charge on any atom is -0.338 e. The fraction of sp³-hybridized carbons (Fsp3) is 0.579. The van der Waals surface area contributed by atoms with E-state index in [2.05, 4.69) is 12.2 Å². The monoisotopic (exact) mass is 329 g/mol. The second kappa shape index (κ2) is 7.34. The van der Waals surface area contributed by atoms with E-state index in [0.717, 1.165) is 44.6 Å². The summed E-state index contributed by atoms with van der Waals surface area (Å²) in [7, 11) is 0. The molecular formula is C19H27N3O2. The highest BCUT2D eigenvalue weighted by Gasteiger charge is 2.33. The number of piperidine rings is 1. The molecule has 0 bridgehead atoms. The summed E-state index contributed by atoms with van der Waals surface area (Å²) in [5.41, 5.74) is 1.86. The van der Waals surface area contributed by atoms with Gasteiger partial charge >= 0.3 is 0 Å². The molecule has 2 amide bonds. The molecule has 1 N–H and O–H groups in total. The lowest BCUT2D eigenvalue weighted by atomic mass is 9.95. The number of hydrogen-bond donors (Lipinski definition) is 1. The van der Waals surface area contributed by atoms with Crippen molar-refractivity contribution in [3.63, 3.8) is 0 Å². The number of carbonyl (C=O) groups is 2. The number of likely N-dealkylation sites (tertiary alicyclic amines) is 1. The maximum absolute atomic E-state index is 12.9. The predicted molar refractivity (Wildman–Crippen MR) is 93.9 cm³/mol. The summed E-state index contributed by atoms with van der Waals surface area (Å²) in [6, 6.07) is 7.90. The molecule has 2 aliphatic rings. The van der Waals surface area contributed by atoms with E-state index < -0.39 is 0 Å². The summed E-state index contributed by atoms with van der Waals surface area (Å²) in [6.45, 7) is 7.86. The molecule has 0 spiro atoms. The van der Waals surface area contributed by atoms with Gasteiger partial charge in [-0.25, -0.2) is 0 Å². The minimum atomic E-state index is -0.0614. The number of rotatable bonds is 2. The highest BCUT2D eigenvalue weighted by Crippen LogP contribution is 2.22. The van der Waals surface area contributed by atoms with Crippen LogP contribution in [0.1, 0.15) is 35.7 Å². The Balaban J connectivity index is 1.66. The van der Waals surface area contributed by atoms with Crippen LogP contribution in [-0.2, 0) is 4.79 Å². The SMILES string of the molecule is Cc1ccc(C(=O)N2CCCC(C(=O)N3CCNCC3C)C2)cc1. The molecule has 0 radical (unpaired) electrons. The highest BCUT2D eigenvalue weighted by atomic mass is 16.2. The number of nitrogens with one attached hydrogen (secondary N) is 1. The molecule has 0 saturated carbocycles. The molecule has 2 unspecified atom stereocenters. The van der Waals surface area contributed by atoms with Crippen molar-refractivity contribution in [1.82, 2.24) is 15.1 Å². The maximum atomic E-state index is 12.9. The van der Waals surface area contributed by atoms with Gasteiger partial charge in [0.1, 0.15) is 0 Å². The molecule has 2 aliphatic heterocycles. The van der Waals surface area contributed by atoms with Crippen molar-refractivity contribution in [2.75, 3.05) is 32.7 Å². The summed E-state index contributed by atoms with van der Waals surface area (Å²) in [5, 5.41) is 3.32. The van der Waals surface area contributed by atoms with E-state index in [-0.39, 0.29) is 23.8 Å². The Morgan fingerprint density at radius 2 is 1.92 bits per heavy atom. The van der Waals surface area contributed by atoms with Crippen molar-refractivity contribution in [3.8, 4) is 0 Å². The van der Waals surface area contributed by atoms with Crippen molar-refractivity contribution in [2.45, 2.75) is 32.7 Å². The number of amides is 2. The zero-order chi connectivity index (χ0) is 17.1. The van der Waals surface area contributed by atoms with Crippen LogP contribution in [-0.4, -0.2) is 60.4 Å². The molecule has 2 atom stereocenters. The van der Waals surface area contributed by atoms with Gasteiger partial charge in [0, 0.05) is 44.3 Å². The topological polar surface area (TPSA) is 52.7 Å². The minimum absolute atomic E-state index is 0.0425. The van der Waals surface area contributed by atoms with Crippen molar-refractivity contribution < 1.29 is 9.59 Å². The predicted octanol–water partition coefficient (Wildman–Crippen LogP) is 1.67. The molecule has 130 valence electrons. The Kier molecular flexibility index (Phi) is 5.19. The lowest BCUT2D eigenvalue weighted by molar-refractivity contribution is -0.139. The van der Waals surface area contributed by atoms with Gasteiger partial charge in [0.05, 0.1) is 5.92 Å². The normalized spacial score (nSPS) is 24.8. The van der Waals surface area contributed by atoms with E-state index in [1.807, 2.05) is 41.0 Å². The van der Waals surface area contributed by atoms with Crippen molar-refractivity contribution >= 4 is 11.8 Å². The third-order valence-electron chi connectivity index (χ3n) is 5.14. The first-order chi connectivity index (χ1) is 11.6. The summed E-state index contributed by atoms with van der Waals surface area (Å²) in [4.78, 5) is 29.4. The van der Waals surface area contributed by atoms with Crippen LogP contribution in [0.15, 0.2) is 24.3 Å². The molecule has 2 fully saturated rings. The second-order valence-corrected chi connectivity index (χ2v) is 7.04. The summed E-state index contributed by atoms with van der Waals surface area (Å²) in [6.07, 6.45) is 1.78. The molecule has 5 heteroatoms. The van der Waals surface area contributed by atoms with Crippen LogP contribution >= 0.6 is 0 Å². The van der Waals surface area contributed by atoms with Gasteiger partial charge in [-0.1, -0.05) is 17.7 Å². The Morgan fingerprint density at radius 1 is 1.17 bits per heavy atom. The van der Waals surface area contributed by atoms with E-state index in [0.29, 0.717) is 12.1 Å². The number of piperazine rings is 1. The van der Waals surface area contributed by atoms with Crippen LogP contribution in [0.3, 0.4) is 0 Å². The molecule has 24 heavy (non-hydrogen) atoms. The van der Waals surface area contributed by atoms with Crippen molar-refractivity contribution in [1.29, 1.82) is 0 Å². The summed E-state index contributed by atoms with van der Waals surface area (Å²) < 4.78 is 0. The van der Waals surface area contributed by atoms with E-state index in [9.17, 15) is 9.59 Å². The summed E-state index contributed by atoms with van der Waals surface area (Å²) in [5.74, 6) is 0.194. The van der Waals surface area contributed by atoms with Crippen LogP contribution in [0.5, 0.6) is 0 Å². The molecular weight excluding hydrogens is 302 g/mol. The van der Waals surface area contributed by atoms with Gasteiger partial charge in [-0.15, -0.1) is 0 Å². The molecule has 1 aromatic carbocycles. The number of carbonyl (C=O) groups excluding carboxylic acids is 2. The smallest absolute Gasteiger partial charge is 0.253 e. The highest BCUT2D eigenvalue weighted by molar-refractivity contribution is 5.94. The number of benzene rings is 1. The first kappa shape index (κ1) is 17.0. The lowest BCUT2D eigenvalue weighted by Crippen LogP contribution is -2.55. The average Bonchev–Trinajstić information content (AvgIpc) is 2.62. The van der Waals surface area contributed by atoms with Crippen LogP contribution in [0.25, 0.3) is 0 Å². The molecule has 5 nitrogen and oxygen atoms in total. The Bertz CT molecular complexity index is 599. The van der Waals surface area contributed by atoms with Crippen LogP contribution in [0.4, 0.5) is 0 Å². The first-order valence-corrected chi connectivity index (χ1v) is 8.93. The van der Waals surface area contributed by atoms with Gasteiger partial charge in [0.2, 0.25) is 5.91 Å². The maximum Gasteiger partial charge on any atom is 0.253 e. The van der Waals surface area contributed by atoms with Crippen LogP contribution in [0, 0.1) is 12.8 Å². The van der Waals surface area contributed by atoms with E-state index in [1.54, 1.807) is 0 Å². The van der Waals surface area contributed by atoms with Crippen LogP contribution < -0.4 is 5.32 Å². The van der Waals surface area contributed by atoms with E-state index >= 15 is 0 Å². The molecule has 1 aromatic rings. The summed E-state index contributed by atoms with van der Waals surface area (Å²) >= 11 is 0. The average molecular weight is 329 g/mol. The zero-order valence-corrected chi connectivity index (χ0v) is 14.6. The molecule has 0 aliphatic carbocycles. The van der Waals surface area contributed by atoms with Gasteiger partial charge in [-0.05, 0) is 38.8 Å². The Labute approximate surface area is 144 Å². The van der Waals surface area contributed by atoms with Gasteiger partial charge in [-0.3, -0.25) is 9.59 Å².